The molecule has 2 amide bonds. The summed E-state index contributed by atoms with van der Waals surface area (Å²) in [4.78, 5) is 15.3. The summed E-state index contributed by atoms with van der Waals surface area (Å²) in [7, 11) is 0. The van der Waals surface area contributed by atoms with Gasteiger partial charge < -0.3 is 14.8 Å². The Labute approximate surface area is 179 Å². The van der Waals surface area contributed by atoms with E-state index < -0.39 is 0 Å². The fraction of sp³-hybridized carbons (Fsp3) is 0.346. The molecule has 4 nitrogen and oxygen atoms in total. The molecule has 1 N–H and O–H groups in total. The van der Waals surface area contributed by atoms with Gasteiger partial charge in [-0.25, -0.2) is 4.79 Å². The monoisotopic (exact) mass is 401 g/mol. The summed E-state index contributed by atoms with van der Waals surface area (Å²) >= 11 is 0. The maximum atomic E-state index is 13.4. The number of carbonyl (C=O) groups excluding carboxylic acids is 1. The second-order valence-corrected chi connectivity index (χ2v) is 9.27. The first kappa shape index (κ1) is 20.3. The van der Waals surface area contributed by atoms with Crippen molar-refractivity contribution >= 4 is 11.7 Å². The molecule has 0 saturated carbocycles. The Morgan fingerprint density at radius 2 is 1.70 bits per heavy atom. The van der Waals surface area contributed by atoms with Crippen LogP contribution < -0.4 is 5.32 Å². The van der Waals surface area contributed by atoms with Gasteiger partial charge in [-0.05, 0) is 59.7 Å². The number of nitrogens with one attached hydrogen (secondary N) is 1. The molecule has 0 spiro atoms. The standard InChI is InChI=1S/C26H31N3O/c1-18-8-6-9-22(19(18)2)27-25(30)29-17-16-28-15-7-10-23(28)24(29)20-11-13-21(14-12-20)26(3,4)5/h6-15,24H,16-17H2,1-5H3,(H,27,30). The van der Waals surface area contributed by atoms with E-state index in [9.17, 15) is 4.79 Å². The molecule has 0 bridgehead atoms. The van der Waals surface area contributed by atoms with Crippen LogP contribution in [-0.4, -0.2) is 22.0 Å². The molecule has 1 unspecified atom stereocenters. The third-order valence-corrected chi connectivity index (χ3v) is 6.24. The number of amides is 2. The molecule has 0 saturated heterocycles. The lowest BCUT2D eigenvalue weighted by molar-refractivity contribution is 0.182. The number of aromatic nitrogens is 1. The lowest BCUT2D eigenvalue weighted by atomic mass is 9.86. The number of rotatable bonds is 2. The molecule has 3 aromatic rings. The normalized spacial score (nSPS) is 16.3. The van der Waals surface area contributed by atoms with Crippen LogP contribution in [0, 0.1) is 13.8 Å². The Bertz CT molecular complexity index is 1060. The van der Waals surface area contributed by atoms with Gasteiger partial charge in [0.25, 0.3) is 0 Å². The summed E-state index contributed by atoms with van der Waals surface area (Å²) < 4.78 is 2.25. The zero-order valence-electron chi connectivity index (χ0n) is 18.6. The van der Waals surface area contributed by atoms with Crippen LogP contribution in [0.25, 0.3) is 0 Å². The number of fused-ring (bicyclic) bond motifs is 1. The Morgan fingerprint density at radius 1 is 0.967 bits per heavy atom. The molecule has 1 aliphatic rings. The van der Waals surface area contributed by atoms with Crippen LogP contribution in [0.15, 0.2) is 60.8 Å². The Balaban J connectivity index is 1.68. The molecule has 2 heterocycles. The first-order valence-electron chi connectivity index (χ1n) is 10.6. The quantitative estimate of drug-likeness (QED) is 0.558. The van der Waals surface area contributed by atoms with E-state index in [-0.39, 0.29) is 17.5 Å². The van der Waals surface area contributed by atoms with Crippen molar-refractivity contribution in [2.45, 2.75) is 52.6 Å². The van der Waals surface area contributed by atoms with Crippen LogP contribution in [0.1, 0.15) is 54.8 Å². The number of carbonyl (C=O) groups is 1. The average molecular weight is 402 g/mol. The van der Waals surface area contributed by atoms with Crippen molar-refractivity contribution in [3.8, 4) is 0 Å². The van der Waals surface area contributed by atoms with Gasteiger partial charge in [0.05, 0.1) is 6.04 Å². The fourth-order valence-corrected chi connectivity index (χ4v) is 4.19. The van der Waals surface area contributed by atoms with E-state index in [4.69, 9.17) is 0 Å². The van der Waals surface area contributed by atoms with Gasteiger partial charge in [0.1, 0.15) is 0 Å². The second kappa shape index (κ2) is 7.67. The number of anilines is 1. The second-order valence-electron chi connectivity index (χ2n) is 9.27. The van der Waals surface area contributed by atoms with Crippen LogP contribution in [0.4, 0.5) is 10.5 Å². The van der Waals surface area contributed by atoms with E-state index >= 15 is 0 Å². The van der Waals surface area contributed by atoms with Gasteiger partial charge in [0, 0.05) is 30.7 Å². The largest absolute Gasteiger partial charge is 0.348 e. The molecule has 1 aromatic heterocycles. The maximum absolute atomic E-state index is 13.4. The predicted octanol–water partition coefficient (Wildman–Crippen LogP) is 6.04. The van der Waals surface area contributed by atoms with E-state index in [1.54, 1.807) is 0 Å². The van der Waals surface area contributed by atoms with Crippen molar-refractivity contribution in [2.75, 3.05) is 11.9 Å². The Kier molecular flexibility index (Phi) is 5.19. The van der Waals surface area contributed by atoms with Crippen molar-refractivity contribution in [3.05, 3.63) is 88.7 Å². The van der Waals surface area contributed by atoms with E-state index in [1.165, 1.54) is 11.1 Å². The van der Waals surface area contributed by atoms with Gasteiger partial charge >= 0.3 is 6.03 Å². The highest BCUT2D eigenvalue weighted by molar-refractivity contribution is 5.91. The van der Waals surface area contributed by atoms with Gasteiger partial charge in [-0.3, -0.25) is 0 Å². The molecule has 1 atom stereocenters. The average Bonchev–Trinajstić information content (AvgIpc) is 3.19. The van der Waals surface area contributed by atoms with Crippen LogP contribution in [-0.2, 0) is 12.0 Å². The number of nitrogens with zero attached hydrogens (tertiary/aromatic N) is 2. The van der Waals surface area contributed by atoms with Gasteiger partial charge in [-0.1, -0.05) is 57.2 Å². The minimum absolute atomic E-state index is 0.0546. The molecule has 156 valence electrons. The molecule has 0 radical (unpaired) electrons. The van der Waals surface area contributed by atoms with Crippen molar-refractivity contribution in [1.29, 1.82) is 0 Å². The molecular formula is C26H31N3O. The number of hydrogen-bond donors (Lipinski definition) is 1. The third kappa shape index (κ3) is 3.74. The summed E-state index contributed by atoms with van der Waals surface area (Å²) in [6.45, 7) is 12.3. The molecule has 2 aromatic carbocycles. The molecule has 1 aliphatic heterocycles. The van der Waals surface area contributed by atoms with Crippen LogP contribution in [0.3, 0.4) is 0 Å². The number of benzene rings is 2. The maximum Gasteiger partial charge on any atom is 0.322 e. The number of hydrogen-bond acceptors (Lipinski definition) is 1. The lowest BCUT2D eigenvalue weighted by Gasteiger charge is -2.37. The summed E-state index contributed by atoms with van der Waals surface area (Å²) in [6, 6.07) is 18.8. The van der Waals surface area contributed by atoms with Gasteiger partial charge in [0.15, 0.2) is 0 Å². The molecule has 0 aliphatic carbocycles. The first-order chi connectivity index (χ1) is 14.3. The van der Waals surface area contributed by atoms with E-state index in [2.05, 4.69) is 93.2 Å². The molecule has 4 heteroatoms. The molecule has 0 fully saturated rings. The summed E-state index contributed by atoms with van der Waals surface area (Å²) in [5.41, 5.74) is 6.85. The summed E-state index contributed by atoms with van der Waals surface area (Å²) in [5, 5.41) is 3.16. The highest BCUT2D eigenvalue weighted by atomic mass is 16.2. The van der Waals surface area contributed by atoms with Crippen molar-refractivity contribution in [1.82, 2.24) is 9.47 Å². The summed E-state index contributed by atoms with van der Waals surface area (Å²) in [5.74, 6) is 0. The minimum Gasteiger partial charge on any atom is -0.348 e. The third-order valence-electron chi connectivity index (χ3n) is 6.24. The predicted molar refractivity (Wildman–Crippen MR) is 123 cm³/mol. The Morgan fingerprint density at radius 3 is 2.40 bits per heavy atom. The van der Waals surface area contributed by atoms with E-state index in [0.29, 0.717) is 6.54 Å². The zero-order chi connectivity index (χ0) is 21.5. The summed E-state index contributed by atoms with van der Waals surface area (Å²) in [6.07, 6.45) is 2.10. The zero-order valence-corrected chi connectivity index (χ0v) is 18.6. The van der Waals surface area contributed by atoms with Crippen molar-refractivity contribution < 1.29 is 4.79 Å². The topological polar surface area (TPSA) is 37.3 Å². The van der Waals surface area contributed by atoms with E-state index in [0.717, 1.165) is 29.1 Å². The van der Waals surface area contributed by atoms with Crippen molar-refractivity contribution in [2.24, 2.45) is 0 Å². The first-order valence-corrected chi connectivity index (χ1v) is 10.6. The van der Waals surface area contributed by atoms with Gasteiger partial charge in [-0.15, -0.1) is 0 Å². The SMILES string of the molecule is Cc1cccc(NC(=O)N2CCn3cccc3C2c2ccc(C(C)(C)C)cc2)c1C. The lowest BCUT2D eigenvalue weighted by Crippen LogP contribution is -2.44. The van der Waals surface area contributed by atoms with Crippen LogP contribution in [0.2, 0.25) is 0 Å². The Hall–Kier alpha value is -3.01. The van der Waals surface area contributed by atoms with Crippen LogP contribution >= 0.6 is 0 Å². The van der Waals surface area contributed by atoms with Gasteiger partial charge in [-0.2, -0.15) is 0 Å². The van der Waals surface area contributed by atoms with Gasteiger partial charge in [0.2, 0.25) is 0 Å². The minimum atomic E-state index is -0.104. The van der Waals surface area contributed by atoms with Crippen molar-refractivity contribution in [3.63, 3.8) is 0 Å². The highest BCUT2D eigenvalue weighted by Crippen LogP contribution is 2.34. The van der Waals surface area contributed by atoms with Crippen LogP contribution in [0.5, 0.6) is 0 Å². The fourth-order valence-electron chi connectivity index (χ4n) is 4.19. The number of urea groups is 1. The molecule has 4 rings (SSSR count). The number of aryl methyl sites for hydroxylation is 1. The smallest absolute Gasteiger partial charge is 0.322 e. The van der Waals surface area contributed by atoms with E-state index in [1.807, 2.05) is 17.0 Å². The molecular weight excluding hydrogens is 370 g/mol. The highest BCUT2D eigenvalue weighted by Gasteiger charge is 2.32. The molecule has 30 heavy (non-hydrogen) atoms.